The molecule has 1 aliphatic heterocycles. The molecule has 0 atom stereocenters. The van der Waals surface area contributed by atoms with E-state index in [-0.39, 0.29) is 10.9 Å². The van der Waals surface area contributed by atoms with Crippen molar-refractivity contribution < 1.29 is 9.90 Å². The van der Waals surface area contributed by atoms with E-state index >= 15 is 0 Å². The average Bonchev–Trinajstić information content (AvgIpc) is 3.37. The molecule has 182 valence electrons. The van der Waals surface area contributed by atoms with E-state index in [1.807, 2.05) is 18.2 Å². The highest BCUT2D eigenvalue weighted by atomic mass is 16.4. The van der Waals surface area contributed by atoms with Gasteiger partial charge in [-0.1, -0.05) is 12.1 Å². The van der Waals surface area contributed by atoms with E-state index in [1.54, 1.807) is 4.57 Å². The highest BCUT2D eigenvalue weighted by Crippen LogP contribution is 2.27. The molecule has 0 amide bonds. The number of carboxylic acids is 1. The minimum atomic E-state index is -1.27. The van der Waals surface area contributed by atoms with E-state index < -0.39 is 11.4 Å². The molecule has 9 nitrogen and oxygen atoms in total. The molecular weight excluding hydrogens is 456 g/mol. The molecule has 3 heterocycles. The van der Waals surface area contributed by atoms with Crippen LogP contribution in [0.1, 0.15) is 27.9 Å². The van der Waals surface area contributed by atoms with Gasteiger partial charge < -0.3 is 25.2 Å². The van der Waals surface area contributed by atoms with Crippen LogP contribution in [0.5, 0.6) is 0 Å². The Morgan fingerprint density at radius 2 is 1.86 bits per heavy atom. The minimum Gasteiger partial charge on any atom is -0.477 e. The number of fused-ring (bicyclic) bond motifs is 2. The highest BCUT2D eigenvalue weighted by Gasteiger charge is 2.19. The first-order valence-corrected chi connectivity index (χ1v) is 12.2. The summed E-state index contributed by atoms with van der Waals surface area (Å²) in [5, 5.41) is 16.4. The minimum absolute atomic E-state index is 0.163. The number of piperazine rings is 1. The van der Waals surface area contributed by atoms with Gasteiger partial charge in [-0.2, -0.15) is 4.98 Å². The number of nitrogens with zero attached hydrogens (tertiary/aromatic N) is 4. The summed E-state index contributed by atoms with van der Waals surface area (Å²) in [6, 6.07) is 14.2. The maximum atomic E-state index is 12.9. The fourth-order valence-corrected chi connectivity index (χ4v) is 5.06. The number of carboxylic acid groups (broad SMARTS) is 1. The van der Waals surface area contributed by atoms with Crippen molar-refractivity contribution >= 4 is 34.3 Å². The van der Waals surface area contributed by atoms with Crippen molar-refractivity contribution in [3.8, 4) is 5.69 Å². The third-order valence-corrected chi connectivity index (χ3v) is 6.92. The maximum Gasteiger partial charge on any atom is 0.341 e. The maximum absolute atomic E-state index is 12.9. The molecule has 1 aliphatic carbocycles. The average molecular weight is 483 g/mol. The van der Waals surface area contributed by atoms with Crippen LogP contribution in [0.2, 0.25) is 0 Å². The van der Waals surface area contributed by atoms with Crippen molar-refractivity contribution in [3.63, 3.8) is 0 Å². The Morgan fingerprint density at radius 3 is 2.69 bits per heavy atom. The molecule has 0 unspecified atom stereocenters. The van der Waals surface area contributed by atoms with Gasteiger partial charge in [-0.05, 0) is 60.7 Å². The molecule has 0 bridgehead atoms. The number of hydrogen-bond acceptors (Lipinski definition) is 7. The van der Waals surface area contributed by atoms with Gasteiger partial charge in [0.25, 0.3) is 0 Å². The largest absolute Gasteiger partial charge is 0.477 e. The topological polar surface area (TPSA) is 112 Å². The second-order valence-electron chi connectivity index (χ2n) is 9.20. The number of hydrogen-bond donors (Lipinski definition) is 3. The van der Waals surface area contributed by atoms with Crippen LogP contribution in [0, 0.1) is 0 Å². The predicted molar refractivity (Wildman–Crippen MR) is 139 cm³/mol. The van der Waals surface area contributed by atoms with E-state index in [2.05, 4.69) is 49.8 Å². The van der Waals surface area contributed by atoms with E-state index in [9.17, 15) is 14.7 Å². The van der Waals surface area contributed by atoms with Crippen LogP contribution in [0.15, 0.2) is 59.7 Å². The summed E-state index contributed by atoms with van der Waals surface area (Å²) in [5.41, 5.74) is 4.73. The van der Waals surface area contributed by atoms with Gasteiger partial charge in [0, 0.05) is 55.6 Å². The van der Waals surface area contributed by atoms with Crippen LogP contribution >= 0.6 is 0 Å². The van der Waals surface area contributed by atoms with Crippen molar-refractivity contribution in [2.45, 2.75) is 19.3 Å². The first-order chi connectivity index (χ1) is 17.6. The van der Waals surface area contributed by atoms with Crippen LogP contribution in [-0.2, 0) is 12.8 Å². The number of nitrogens with one attached hydrogen (secondary N) is 2. The van der Waals surface area contributed by atoms with E-state index in [4.69, 9.17) is 0 Å². The predicted octanol–water partition coefficient (Wildman–Crippen LogP) is 3.12. The van der Waals surface area contributed by atoms with E-state index in [1.165, 1.54) is 23.5 Å². The quantitative estimate of drug-likeness (QED) is 0.398. The highest BCUT2D eigenvalue weighted by molar-refractivity contribution is 5.92. The molecule has 9 heteroatoms. The molecule has 3 N–H and O–H groups in total. The van der Waals surface area contributed by atoms with Gasteiger partial charge in [0.15, 0.2) is 5.65 Å². The van der Waals surface area contributed by atoms with Crippen molar-refractivity contribution in [3.05, 3.63) is 81.8 Å². The number of carbonyl (C=O) groups is 1. The van der Waals surface area contributed by atoms with E-state index in [0.717, 1.165) is 62.5 Å². The lowest BCUT2D eigenvalue weighted by Gasteiger charge is -2.29. The standard InChI is InChI=1S/C27H26N6O3/c34-24-22-15-29-27(30-19-5-2-6-20(14-19)32-11-9-28-10-12-32)31-25(22)33(16-23(24)26(35)36)21-8-7-17-3-1-4-18(17)13-21/h2,5-8,13-16,28H,1,3-4,9-12H2,(H,35,36)(H,29,30,31). The smallest absolute Gasteiger partial charge is 0.341 e. The Balaban J connectivity index is 1.42. The third kappa shape index (κ3) is 4.07. The first kappa shape index (κ1) is 22.2. The number of aryl methyl sites for hydroxylation is 2. The second-order valence-corrected chi connectivity index (χ2v) is 9.20. The Labute approximate surface area is 207 Å². The van der Waals surface area contributed by atoms with Gasteiger partial charge in [0.2, 0.25) is 11.4 Å². The van der Waals surface area contributed by atoms with Gasteiger partial charge in [-0.25, -0.2) is 9.78 Å². The second kappa shape index (κ2) is 9.09. The fourth-order valence-electron chi connectivity index (χ4n) is 5.06. The lowest BCUT2D eigenvalue weighted by Crippen LogP contribution is -2.43. The van der Waals surface area contributed by atoms with Crippen LogP contribution < -0.4 is 21.0 Å². The van der Waals surface area contributed by atoms with Crippen molar-refractivity contribution in [2.75, 3.05) is 36.4 Å². The monoisotopic (exact) mass is 482 g/mol. The van der Waals surface area contributed by atoms with Crippen molar-refractivity contribution in [2.24, 2.45) is 0 Å². The van der Waals surface area contributed by atoms with Crippen molar-refractivity contribution in [1.82, 2.24) is 19.9 Å². The molecule has 6 rings (SSSR count). The molecule has 1 saturated heterocycles. The molecule has 2 aromatic heterocycles. The summed E-state index contributed by atoms with van der Waals surface area (Å²) in [6.07, 6.45) is 5.91. The lowest BCUT2D eigenvalue weighted by molar-refractivity contribution is 0.0695. The number of pyridine rings is 1. The molecule has 2 aliphatic rings. The summed E-state index contributed by atoms with van der Waals surface area (Å²) >= 11 is 0. The van der Waals surface area contributed by atoms with Crippen LogP contribution in [0.4, 0.5) is 17.3 Å². The molecule has 0 spiro atoms. The van der Waals surface area contributed by atoms with Gasteiger partial charge in [0.1, 0.15) is 5.56 Å². The summed E-state index contributed by atoms with van der Waals surface area (Å²) in [5.74, 6) is -0.943. The molecule has 36 heavy (non-hydrogen) atoms. The van der Waals surface area contributed by atoms with Crippen LogP contribution in [0.3, 0.4) is 0 Å². The van der Waals surface area contributed by atoms with Gasteiger partial charge in [-0.3, -0.25) is 4.79 Å². The number of aromatic nitrogens is 3. The first-order valence-electron chi connectivity index (χ1n) is 12.2. The Morgan fingerprint density at radius 1 is 1.03 bits per heavy atom. The molecule has 4 aromatic rings. The third-order valence-electron chi connectivity index (χ3n) is 6.92. The van der Waals surface area contributed by atoms with Gasteiger partial charge in [0.05, 0.1) is 5.39 Å². The fraction of sp³-hybridized carbons (Fsp3) is 0.259. The summed E-state index contributed by atoms with van der Waals surface area (Å²) < 4.78 is 1.68. The Hall–Kier alpha value is -4.24. The number of anilines is 3. The molecule has 0 saturated carbocycles. The van der Waals surface area contributed by atoms with Crippen LogP contribution in [0.25, 0.3) is 16.7 Å². The molecule has 1 fully saturated rings. The summed E-state index contributed by atoms with van der Waals surface area (Å²) in [7, 11) is 0. The van der Waals surface area contributed by atoms with Crippen molar-refractivity contribution in [1.29, 1.82) is 0 Å². The molecule has 0 radical (unpaired) electrons. The Bertz CT molecular complexity index is 1540. The zero-order valence-electron chi connectivity index (χ0n) is 19.7. The van der Waals surface area contributed by atoms with Gasteiger partial charge in [-0.15, -0.1) is 0 Å². The zero-order chi connectivity index (χ0) is 24.6. The Kier molecular flexibility index (Phi) is 5.61. The summed E-state index contributed by atoms with van der Waals surface area (Å²) in [6.45, 7) is 3.78. The SMILES string of the molecule is O=C(O)c1cn(-c2ccc3c(c2)CCC3)c2nc(Nc3cccc(N4CCNCC4)c3)ncc2c1=O. The molecule has 2 aromatic carbocycles. The number of benzene rings is 2. The zero-order valence-corrected chi connectivity index (χ0v) is 19.7. The molecular formula is C27H26N6O3. The lowest BCUT2D eigenvalue weighted by atomic mass is 10.1. The number of aromatic carboxylic acids is 1. The van der Waals surface area contributed by atoms with E-state index in [0.29, 0.717) is 11.6 Å². The van der Waals surface area contributed by atoms with Gasteiger partial charge >= 0.3 is 5.97 Å². The normalized spacial score (nSPS) is 15.2. The summed E-state index contributed by atoms with van der Waals surface area (Å²) in [4.78, 5) is 36.1. The van der Waals surface area contributed by atoms with Crippen LogP contribution in [-0.4, -0.2) is 51.8 Å². The number of rotatable bonds is 5.